The van der Waals surface area contributed by atoms with Crippen molar-refractivity contribution >= 4 is 52.5 Å². The lowest BCUT2D eigenvalue weighted by atomic mass is 9.76. The van der Waals surface area contributed by atoms with Gasteiger partial charge in [-0.25, -0.2) is 0 Å². The van der Waals surface area contributed by atoms with Crippen LogP contribution >= 0.6 is 11.6 Å². The molecule has 0 saturated carbocycles. The Morgan fingerprint density at radius 3 is 2.17 bits per heavy atom. The minimum absolute atomic E-state index is 0.0127. The number of benzene rings is 3. The lowest BCUT2D eigenvalue weighted by Crippen LogP contribution is -2.59. The van der Waals surface area contributed by atoms with Crippen LogP contribution < -0.4 is 15.1 Å². The summed E-state index contributed by atoms with van der Waals surface area (Å²) in [7, 11) is 0. The molecule has 3 aromatic rings. The monoisotopic (exact) mass is 745 g/mol. The number of halogens is 1. The molecule has 3 aromatic carbocycles. The molecule has 0 aromatic heterocycles. The maximum Gasteiger partial charge on any atom is 0.262 e. The fourth-order valence-corrected chi connectivity index (χ4v) is 9.76. The van der Waals surface area contributed by atoms with Crippen molar-refractivity contribution < 1.29 is 24.0 Å². The molecule has 12 nitrogen and oxygen atoms in total. The summed E-state index contributed by atoms with van der Waals surface area (Å²) in [6.45, 7) is 7.59. The van der Waals surface area contributed by atoms with Gasteiger partial charge >= 0.3 is 0 Å². The van der Waals surface area contributed by atoms with E-state index in [9.17, 15) is 29.2 Å². The molecule has 276 valence electrons. The molecule has 1 N–H and O–H groups in total. The third kappa shape index (κ3) is 5.72. The Morgan fingerprint density at radius 1 is 0.907 bits per heavy atom. The highest BCUT2D eigenvalue weighted by Gasteiger charge is 2.47. The quantitative estimate of drug-likeness (QED) is 0.379. The summed E-state index contributed by atoms with van der Waals surface area (Å²) in [5.74, 6) is -2.00. The Morgan fingerprint density at radius 2 is 1.56 bits per heavy atom. The number of nitriles is 1. The van der Waals surface area contributed by atoms with E-state index >= 15 is 0 Å². The van der Waals surface area contributed by atoms with Gasteiger partial charge in [-0.05, 0) is 104 Å². The van der Waals surface area contributed by atoms with Crippen molar-refractivity contribution in [1.82, 2.24) is 20.0 Å². The van der Waals surface area contributed by atoms with Crippen LogP contribution in [0, 0.1) is 16.7 Å². The molecule has 6 heterocycles. The molecule has 5 amide bonds. The van der Waals surface area contributed by atoms with Crippen LogP contribution in [0.2, 0.25) is 5.02 Å². The number of anilines is 2. The zero-order valence-electron chi connectivity index (χ0n) is 30.0. The molecule has 13 heteroatoms. The van der Waals surface area contributed by atoms with Gasteiger partial charge in [0.25, 0.3) is 17.7 Å². The Kier molecular flexibility index (Phi) is 8.28. The molecule has 4 saturated heterocycles. The van der Waals surface area contributed by atoms with Gasteiger partial charge < -0.3 is 14.7 Å². The van der Waals surface area contributed by atoms with Crippen LogP contribution in [-0.4, -0.2) is 95.1 Å². The van der Waals surface area contributed by atoms with E-state index in [-0.39, 0.29) is 30.2 Å². The van der Waals surface area contributed by atoms with E-state index in [2.05, 4.69) is 45.1 Å². The van der Waals surface area contributed by atoms with E-state index in [4.69, 9.17) is 11.6 Å². The lowest BCUT2D eigenvalue weighted by Gasteiger charge is -2.44. The van der Waals surface area contributed by atoms with Crippen LogP contribution in [0.5, 0.6) is 0 Å². The first-order valence-corrected chi connectivity index (χ1v) is 19.1. The number of nitrogens with zero attached hydrogens (tertiary/aromatic N) is 6. The fraction of sp³-hybridized carbons (Fsp3) is 0.415. The molecule has 54 heavy (non-hydrogen) atoms. The molecular weight excluding hydrogens is 706 g/mol. The average Bonchev–Trinajstić information content (AvgIpc) is 3.77. The van der Waals surface area contributed by atoms with Crippen molar-refractivity contribution in [1.29, 1.82) is 5.26 Å². The van der Waals surface area contributed by atoms with E-state index in [0.29, 0.717) is 59.5 Å². The number of nitrogens with one attached hydrogen (secondary N) is 1. The minimum atomic E-state index is -0.982. The molecule has 0 radical (unpaired) electrons. The number of imide groups is 2. The maximum absolute atomic E-state index is 13.4. The molecule has 4 fully saturated rings. The number of rotatable bonds is 5. The van der Waals surface area contributed by atoms with E-state index in [1.54, 1.807) is 12.1 Å². The number of carbonyl (C=O) groups excluding carboxylic acids is 5. The summed E-state index contributed by atoms with van der Waals surface area (Å²) < 4.78 is 0. The van der Waals surface area contributed by atoms with Gasteiger partial charge in [0.05, 0.1) is 21.7 Å². The molecule has 6 aliphatic heterocycles. The van der Waals surface area contributed by atoms with Gasteiger partial charge in [-0.3, -0.25) is 39.1 Å². The van der Waals surface area contributed by atoms with Gasteiger partial charge in [-0.2, -0.15) is 5.26 Å². The van der Waals surface area contributed by atoms with Crippen LogP contribution in [0.15, 0.2) is 54.6 Å². The van der Waals surface area contributed by atoms with E-state index < -0.39 is 29.7 Å². The number of hydrogen-bond donors (Lipinski definition) is 1. The zero-order chi connectivity index (χ0) is 37.5. The number of carbonyl (C=O) groups is 5. The lowest BCUT2D eigenvalue weighted by molar-refractivity contribution is -0.136. The van der Waals surface area contributed by atoms with Gasteiger partial charge in [0.1, 0.15) is 12.1 Å². The molecule has 6 aliphatic rings. The van der Waals surface area contributed by atoms with Crippen molar-refractivity contribution in [3.8, 4) is 6.07 Å². The first kappa shape index (κ1) is 34.5. The molecular formula is C41H40ClN7O5. The Balaban J connectivity index is 0.772. The highest BCUT2D eigenvalue weighted by Crippen LogP contribution is 2.46. The summed E-state index contributed by atoms with van der Waals surface area (Å²) in [6.07, 6.45) is 3.51. The summed E-state index contributed by atoms with van der Waals surface area (Å²) in [6, 6.07) is 19.0. The van der Waals surface area contributed by atoms with Crippen molar-refractivity contribution in [2.45, 2.75) is 70.2 Å². The van der Waals surface area contributed by atoms with Crippen molar-refractivity contribution in [2.24, 2.45) is 5.41 Å². The maximum atomic E-state index is 13.4. The first-order chi connectivity index (χ1) is 26.0. The second-order valence-electron chi connectivity index (χ2n) is 15.9. The van der Waals surface area contributed by atoms with Crippen LogP contribution in [0.1, 0.15) is 86.8 Å². The van der Waals surface area contributed by atoms with Gasteiger partial charge in [-0.15, -0.1) is 0 Å². The summed E-state index contributed by atoms with van der Waals surface area (Å²) in [5.41, 5.74) is 6.16. The molecule has 1 spiro atoms. The third-order valence-corrected chi connectivity index (χ3v) is 13.0. The molecule has 9 rings (SSSR count). The van der Waals surface area contributed by atoms with Crippen LogP contribution in [-0.2, 0) is 22.7 Å². The predicted molar refractivity (Wildman–Crippen MR) is 200 cm³/mol. The minimum Gasteiger partial charge on any atom is -0.371 e. The van der Waals surface area contributed by atoms with Gasteiger partial charge in [0, 0.05) is 81.3 Å². The largest absolute Gasteiger partial charge is 0.371 e. The molecule has 1 unspecified atom stereocenters. The number of fused-ring (bicyclic) bond motifs is 2. The summed E-state index contributed by atoms with van der Waals surface area (Å²) >= 11 is 6.36. The number of likely N-dealkylation sites (tertiary alicyclic amines) is 1. The summed E-state index contributed by atoms with van der Waals surface area (Å²) in [5, 5.41) is 12.0. The zero-order valence-corrected chi connectivity index (χ0v) is 30.8. The second-order valence-corrected chi connectivity index (χ2v) is 16.3. The number of piperidine rings is 2. The normalized spacial score (nSPS) is 23.8. The standard InChI is InChI=1S/C41H40ClN7O5/c1-24-17-41(23-48(24)30-7-4-26(18-43)34(42)16-30)10-12-45(13-11-41)29-5-2-25(3-6-29)38(52)47-21-31(22-47)46-19-27-14-32-33(15-28(27)20-46)40(54)49(39(32)53)35-8-9-36(50)44-37(35)51/h2-7,14-16,24,31,35H,8-13,17,19-23H2,1H3,(H,44,50,51)/t24-,35?/m0/s1. The number of hydrogen-bond acceptors (Lipinski definition) is 9. The van der Waals surface area contributed by atoms with E-state index in [0.717, 1.165) is 66.3 Å². The van der Waals surface area contributed by atoms with Gasteiger partial charge in [0.15, 0.2) is 0 Å². The van der Waals surface area contributed by atoms with Crippen molar-refractivity contribution in [3.05, 3.63) is 93.0 Å². The number of amides is 5. The van der Waals surface area contributed by atoms with E-state index in [1.807, 2.05) is 35.2 Å². The molecule has 0 aliphatic carbocycles. The Labute approximate surface area is 318 Å². The van der Waals surface area contributed by atoms with Crippen LogP contribution in [0.4, 0.5) is 11.4 Å². The SMILES string of the molecule is C[C@H]1CC2(CCN(c3ccc(C(=O)N4CC(N5Cc6cc7c(cc6C5)C(=O)N(C5CCC(=O)NC5=O)C7=O)C4)cc3)CC2)CN1c1ccc(C#N)c(Cl)c1. The smallest absolute Gasteiger partial charge is 0.262 e. The van der Waals surface area contributed by atoms with Gasteiger partial charge in [-0.1, -0.05) is 11.6 Å². The van der Waals surface area contributed by atoms with E-state index in [1.165, 1.54) is 0 Å². The fourth-order valence-electron chi connectivity index (χ4n) is 9.54. The highest BCUT2D eigenvalue weighted by atomic mass is 35.5. The third-order valence-electron chi connectivity index (χ3n) is 12.6. The molecule has 2 atom stereocenters. The van der Waals surface area contributed by atoms with Gasteiger partial charge in [0.2, 0.25) is 11.8 Å². The summed E-state index contributed by atoms with van der Waals surface area (Å²) in [4.78, 5) is 74.1. The van der Waals surface area contributed by atoms with Crippen LogP contribution in [0.25, 0.3) is 0 Å². The topological polar surface area (TPSA) is 137 Å². The predicted octanol–water partition coefficient (Wildman–Crippen LogP) is 4.34. The van der Waals surface area contributed by atoms with Crippen molar-refractivity contribution in [2.75, 3.05) is 42.5 Å². The first-order valence-electron chi connectivity index (χ1n) is 18.7. The molecule has 0 bridgehead atoms. The highest BCUT2D eigenvalue weighted by molar-refractivity contribution is 6.32. The second kappa shape index (κ2) is 13.0. The average molecular weight is 746 g/mol. The Bertz CT molecular complexity index is 2120. The van der Waals surface area contributed by atoms with Crippen molar-refractivity contribution in [3.63, 3.8) is 0 Å². The van der Waals surface area contributed by atoms with Crippen LogP contribution in [0.3, 0.4) is 0 Å². The Hall–Kier alpha value is -5.25.